The van der Waals surface area contributed by atoms with Crippen LogP contribution in [0, 0.1) is 0 Å². The molecule has 0 aliphatic heterocycles. The number of sulfone groups is 1. The van der Waals surface area contributed by atoms with E-state index >= 15 is 0 Å². The minimum atomic E-state index is -3.78. The summed E-state index contributed by atoms with van der Waals surface area (Å²) in [6.07, 6.45) is 0.922. The van der Waals surface area contributed by atoms with Crippen LogP contribution in [0.3, 0.4) is 0 Å². The van der Waals surface area contributed by atoms with Crippen molar-refractivity contribution in [3.63, 3.8) is 0 Å². The molecule has 0 aromatic heterocycles. The Morgan fingerprint density at radius 1 is 1.00 bits per heavy atom. The third-order valence-corrected chi connectivity index (χ3v) is 4.46. The number of sulfonamides is 1. The van der Waals surface area contributed by atoms with Gasteiger partial charge in [0.25, 0.3) is 0 Å². The fourth-order valence-electron chi connectivity index (χ4n) is 1.15. The second kappa shape index (κ2) is 8.95. The Morgan fingerprint density at radius 2 is 1.62 bits per heavy atom. The van der Waals surface area contributed by atoms with Gasteiger partial charge in [0.2, 0.25) is 10.0 Å². The minimum Gasteiger partial charge on any atom is -0.463 e. The maximum atomic E-state index is 11.5. The van der Waals surface area contributed by atoms with Crippen molar-refractivity contribution in [1.29, 1.82) is 0 Å². The van der Waals surface area contributed by atoms with E-state index < -0.39 is 50.7 Å². The van der Waals surface area contributed by atoms with Crippen molar-refractivity contribution in [2.45, 2.75) is 13.3 Å². The van der Waals surface area contributed by atoms with Gasteiger partial charge in [0.15, 0.2) is 6.61 Å². The highest BCUT2D eigenvalue weighted by Crippen LogP contribution is 1.94. The van der Waals surface area contributed by atoms with Crippen LogP contribution < -0.4 is 4.72 Å². The maximum Gasteiger partial charge on any atom is 0.344 e. The minimum absolute atomic E-state index is 0.0773. The molecule has 0 bridgehead atoms. The predicted molar refractivity (Wildman–Crippen MR) is 73.7 cm³/mol. The predicted octanol–water partition coefficient (Wildman–Crippen LogP) is -1.55. The van der Waals surface area contributed by atoms with Crippen molar-refractivity contribution < 1.29 is 35.9 Å². The lowest BCUT2D eigenvalue weighted by molar-refractivity contribution is -0.157. The van der Waals surface area contributed by atoms with Crippen LogP contribution in [0.25, 0.3) is 0 Å². The molecule has 0 aromatic carbocycles. The number of esters is 2. The van der Waals surface area contributed by atoms with E-state index in [1.54, 1.807) is 6.92 Å². The Balaban J connectivity index is 4.02. The van der Waals surface area contributed by atoms with Crippen LogP contribution in [0.1, 0.15) is 13.3 Å². The van der Waals surface area contributed by atoms with Crippen LogP contribution in [-0.2, 0) is 38.9 Å². The molecule has 124 valence electrons. The second-order valence-corrected chi connectivity index (χ2v) is 8.28. The average Bonchev–Trinajstić information content (AvgIpc) is 2.32. The van der Waals surface area contributed by atoms with Gasteiger partial charge in [-0.05, 0) is 13.3 Å². The molecule has 0 amide bonds. The molecule has 0 unspecified atom stereocenters. The van der Waals surface area contributed by atoms with E-state index in [4.69, 9.17) is 0 Å². The van der Waals surface area contributed by atoms with Crippen LogP contribution in [0.4, 0.5) is 0 Å². The maximum absolute atomic E-state index is 11.5. The molecule has 0 fully saturated rings. The summed E-state index contributed by atoms with van der Waals surface area (Å²) in [5, 5.41) is 0. The largest absolute Gasteiger partial charge is 0.463 e. The zero-order chi connectivity index (χ0) is 16.5. The molecule has 11 heteroatoms. The van der Waals surface area contributed by atoms with Crippen molar-refractivity contribution >= 4 is 31.8 Å². The van der Waals surface area contributed by atoms with Gasteiger partial charge in [-0.3, -0.25) is 4.79 Å². The summed E-state index contributed by atoms with van der Waals surface area (Å²) in [6, 6.07) is 0. The van der Waals surface area contributed by atoms with Crippen LogP contribution in [0.15, 0.2) is 0 Å². The first-order valence-corrected chi connectivity index (χ1v) is 9.73. The zero-order valence-electron chi connectivity index (χ0n) is 11.8. The van der Waals surface area contributed by atoms with E-state index in [1.165, 1.54) is 0 Å². The van der Waals surface area contributed by atoms with Gasteiger partial charge >= 0.3 is 11.9 Å². The standard InChI is InChI=1S/C10H19NO8S2/c1-3-18-10(13)8-19-9(12)7-11-21(16,17)6-4-5-20(2,14)15/h11H,3-8H2,1-2H3. The number of hydrogen-bond acceptors (Lipinski definition) is 8. The third-order valence-electron chi connectivity index (χ3n) is 2.02. The Bertz CT molecular complexity index is 552. The quantitative estimate of drug-likeness (QED) is 0.470. The molecule has 0 aliphatic carbocycles. The summed E-state index contributed by atoms with van der Waals surface area (Å²) in [6.45, 7) is 0.497. The first-order valence-electron chi connectivity index (χ1n) is 6.02. The molecule has 0 radical (unpaired) electrons. The highest BCUT2D eigenvalue weighted by Gasteiger charge is 2.15. The van der Waals surface area contributed by atoms with E-state index in [9.17, 15) is 26.4 Å². The summed E-state index contributed by atoms with van der Waals surface area (Å²) in [4.78, 5) is 22.1. The Morgan fingerprint density at radius 3 is 2.14 bits per heavy atom. The fraction of sp³-hybridized carbons (Fsp3) is 0.800. The Hall–Kier alpha value is -1.20. The number of hydrogen-bond donors (Lipinski definition) is 1. The van der Waals surface area contributed by atoms with Crippen LogP contribution in [0.2, 0.25) is 0 Å². The Labute approximate surface area is 124 Å². The fourth-order valence-corrected chi connectivity index (χ4v) is 3.00. The van der Waals surface area contributed by atoms with Crippen molar-refractivity contribution in [1.82, 2.24) is 4.72 Å². The lowest BCUT2D eigenvalue weighted by atomic mass is 10.6. The molecule has 0 spiro atoms. The van der Waals surface area contributed by atoms with Crippen molar-refractivity contribution in [2.75, 3.05) is 37.5 Å². The molecule has 0 heterocycles. The third kappa shape index (κ3) is 12.3. The summed E-state index contributed by atoms with van der Waals surface area (Å²) in [7, 11) is -7.02. The van der Waals surface area contributed by atoms with Crippen molar-refractivity contribution in [3.05, 3.63) is 0 Å². The average molecular weight is 345 g/mol. The van der Waals surface area contributed by atoms with Gasteiger partial charge in [-0.1, -0.05) is 0 Å². The van der Waals surface area contributed by atoms with Gasteiger partial charge in [-0.25, -0.2) is 26.4 Å². The van der Waals surface area contributed by atoms with E-state index in [2.05, 4.69) is 9.47 Å². The molecular weight excluding hydrogens is 326 g/mol. The molecule has 0 rings (SSSR count). The zero-order valence-corrected chi connectivity index (χ0v) is 13.5. The molecule has 1 N–H and O–H groups in total. The van der Waals surface area contributed by atoms with Crippen LogP contribution in [-0.4, -0.2) is 66.3 Å². The van der Waals surface area contributed by atoms with Crippen LogP contribution >= 0.6 is 0 Å². The van der Waals surface area contributed by atoms with Gasteiger partial charge in [-0.15, -0.1) is 0 Å². The van der Waals surface area contributed by atoms with E-state index in [0.717, 1.165) is 6.26 Å². The summed E-state index contributed by atoms with van der Waals surface area (Å²) >= 11 is 0. The van der Waals surface area contributed by atoms with E-state index in [-0.39, 0.29) is 18.8 Å². The molecule has 0 saturated heterocycles. The molecule has 21 heavy (non-hydrogen) atoms. The van der Waals surface area contributed by atoms with Gasteiger partial charge in [0.05, 0.1) is 18.1 Å². The first-order chi connectivity index (χ1) is 9.56. The lowest BCUT2D eigenvalue weighted by Crippen LogP contribution is -2.33. The summed E-state index contributed by atoms with van der Waals surface area (Å²) in [5.74, 6) is -2.36. The van der Waals surface area contributed by atoms with E-state index in [1.807, 2.05) is 4.72 Å². The van der Waals surface area contributed by atoms with Crippen molar-refractivity contribution in [3.8, 4) is 0 Å². The molecule has 0 aliphatic rings. The Kier molecular flexibility index (Phi) is 8.44. The molecule has 9 nitrogen and oxygen atoms in total. The smallest absolute Gasteiger partial charge is 0.344 e. The monoisotopic (exact) mass is 345 g/mol. The molecule has 0 atom stereocenters. The van der Waals surface area contributed by atoms with Crippen molar-refractivity contribution in [2.24, 2.45) is 0 Å². The number of carbonyl (C=O) groups is 2. The van der Waals surface area contributed by atoms with E-state index in [0.29, 0.717) is 0 Å². The topological polar surface area (TPSA) is 133 Å². The number of nitrogens with one attached hydrogen (secondary N) is 1. The number of carbonyl (C=O) groups excluding carboxylic acids is 2. The second-order valence-electron chi connectivity index (χ2n) is 4.09. The molecular formula is C10H19NO8S2. The number of ether oxygens (including phenoxy) is 2. The highest BCUT2D eigenvalue weighted by atomic mass is 32.2. The summed E-state index contributed by atoms with van der Waals surface area (Å²) < 4.78 is 55.6. The molecule has 0 aromatic rings. The van der Waals surface area contributed by atoms with Gasteiger partial charge in [0, 0.05) is 6.26 Å². The summed E-state index contributed by atoms with van der Waals surface area (Å²) in [5.41, 5.74) is 0. The number of rotatable bonds is 10. The lowest BCUT2D eigenvalue weighted by Gasteiger charge is -2.07. The highest BCUT2D eigenvalue weighted by molar-refractivity contribution is 7.91. The normalized spacial score (nSPS) is 11.9. The van der Waals surface area contributed by atoms with Crippen LogP contribution in [0.5, 0.6) is 0 Å². The van der Waals surface area contributed by atoms with Gasteiger partial charge in [0.1, 0.15) is 16.4 Å². The van der Waals surface area contributed by atoms with Gasteiger partial charge < -0.3 is 9.47 Å². The SMILES string of the molecule is CCOC(=O)COC(=O)CNS(=O)(=O)CCCS(C)(=O)=O. The first kappa shape index (κ1) is 19.8. The van der Waals surface area contributed by atoms with Gasteiger partial charge in [-0.2, -0.15) is 0 Å². The molecule has 0 saturated carbocycles.